The van der Waals surface area contributed by atoms with Gasteiger partial charge in [0, 0.05) is 38.8 Å². The molecule has 1 unspecified atom stereocenters. The average molecular weight is 413 g/mol. The molecule has 6 heteroatoms. The molecule has 1 amide bonds. The smallest absolute Gasteiger partial charge is 0.275 e. The van der Waals surface area contributed by atoms with Crippen LogP contribution >= 0.6 is 0 Å². The number of rotatable bonds is 7. The van der Waals surface area contributed by atoms with E-state index in [-0.39, 0.29) is 5.91 Å². The number of benzene rings is 1. The standard InChI is InChI=1S/C24H36N4O2/c1-17(2)20(5)28(14-21-13-18(3)7-8-19(21)4)15-23-25-22(16-30-23)24(29)27-11-9-26(6)10-12-27/h7-8,13,16-17,20H,9-12,14-15H2,1-6H3. The number of oxazole rings is 1. The molecule has 6 nitrogen and oxygen atoms in total. The highest BCUT2D eigenvalue weighted by molar-refractivity contribution is 5.92. The maximum Gasteiger partial charge on any atom is 0.275 e. The van der Waals surface area contributed by atoms with Crippen LogP contribution in [0.2, 0.25) is 0 Å². The highest BCUT2D eigenvalue weighted by atomic mass is 16.3. The van der Waals surface area contributed by atoms with Crippen LogP contribution in [0.1, 0.15) is 53.8 Å². The molecule has 0 N–H and O–H groups in total. The van der Waals surface area contributed by atoms with Gasteiger partial charge in [-0.1, -0.05) is 37.6 Å². The summed E-state index contributed by atoms with van der Waals surface area (Å²) < 4.78 is 5.74. The normalized spacial score (nSPS) is 16.5. The van der Waals surface area contributed by atoms with Crippen LogP contribution in [0.3, 0.4) is 0 Å². The summed E-state index contributed by atoms with van der Waals surface area (Å²) in [5, 5.41) is 0. The van der Waals surface area contributed by atoms with E-state index in [1.807, 2.05) is 4.90 Å². The van der Waals surface area contributed by atoms with Gasteiger partial charge in [0.2, 0.25) is 5.89 Å². The second-order valence-corrected chi connectivity index (χ2v) is 9.04. The van der Waals surface area contributed by atoms with Crippen molar-refractivity contribution in [2.45, 2.75) is 53.8 Å². The predicted molar refractivity (Wildman–Crippen MR) is 119 cm³/mol. The van der Waals surface area contributed by atoms with Crippen molar-refractivity contribution >= 4 is 5.91 Å². The van der Waals surface area contributed by atoms with Gasteiger partial charge in [0.1, 0.15) is 6.26 Å². The Morgan fingerprint density at radius 2 is 1.83 bits per heavy atom. The van der Waals surface area contributed by atoms with Crippen LogP contribution in [0.15, 0.2) is 28.9 Å². The zero-order valence-electron chi connectivity index (χ0n) is 19.3. The van der Waals surface area contributed by atoms with Gasteiger partial charge in [-0.05, 0) is 44.9 Å². The highest BCUT2D eigenvalue weighted by Gasteiger charge is 2.25. The fourth-order valence-corrected chi connectivity index (χ4v) is 3.78. The van der Waals surface area contributed by atoms with E-state index in [1.165, 1.54) is 23.0 Å². The summed E-state index contributed by atoms with van der Waals surface area (Å²) in [7, 11) is 2.08. The number of aryl methyl sites for hydroxylation is 2. The van der Waals surface area contributed by atoms with E-state index >= 15 is 0 Å². The van der Waals surface area contributed by atoms with Gasteiger partial charge in [0.15, 0.2) is 5.69 Å². The molecule has 0 spiro atoms. The van der Waals surface area contributed by atoms with Crippen LogP contribution < -0.4 is 0 Å². The molecule has 1 aliphatic rings. The number of hydrogen-bond acceptors (Lipinski definition) is 5. The van der Waals surface area contributed by atoms with Crippen molar-refractivity contribution < 1.29 is 9.21 Å². The Labute approximate surface area is 180 Å². The topological polar surface area (TPSA) is 52.8 Å². The van der Waals surface area contributed by atoms with Gasteiger partial charge in [0.25, 0.3) is 5.91 Å². The van der Waals surface area contributed by atoms with Crippen molar-refractivity contribution in [1.82, 2.24) is 19.7 Å². The van der Waals surface area contributed by atoms with E-state index in [4.69, 9.17) is 4.42 Å². The molecule has 0 bridgehead atoms. The van der Waals surface area contributed by atoms with E-state index in [2.05, 4.69) is 74.6 Å². The SMILES string of the molecule is Cc1ccc(C)c(CN(Cc2nc(C(=O)N3CCN(C)CC3)co2)C(C)C(C)C)c1. The molecule has 1 fully saturated rings. The van der Waals surface area contributed by atoms with Crippen LogP contribution in [-0.2, 0) is 13.1 Å². The van der Waals surface area contributed by atoms with Gasteiger partial charge in [-0.3, -0.25) is 9.69 Å². The summed E-state index contributed by atoms with van der Waals surface area (Å²) in [6.07, 6.45) is 1.52. The monoisotopic (exact) mass is 412 g/mol. The van der Waals surface area contributed by atoms with Crippen molar-refractivity contribution in [2.24, 2.45) is 5.92 Å². The first kappa shape index (κ1) is 22.5. The molecule has 0 saturated carbocycles. The third-order valence-electron chi connectivity index (χ3n) is 6.32. The molecule has 2 heterocycles. The van der Waals surface area contributed by atoms with Crippen molar-refractivity contribution in [2.75, 3.05) is 33.2 Å². The van der Waals surface area contributed by atoms with Crippen LogP contribution in [0.25, 0.3) is 0 Å². The van der Waals surface area contributed by atoms with Crippen LogP contribution in [0.5, 0.6) is 0 Å². The second-order valence-electron chi connectivity index (χ2n) is 9.04. The van der Waals surface area contributed by atoms with Crippen LogP contribution in [0.4, 0.5) is 0 Å². The first-order valence-electron chi connectivity index (χ1n) is 11.0. The number of aromatic nitrogens is 1. The molecule has 30 heavy (non-hydrogen) atoms. The quantitative estimate of drug-likeness (QED) is 0.694. The van der Waals surface area contributed by atoms with Crippen LogP contribution in [-0.4, -0.2) is 64.9 Å². The molecule has 3 rings (SSSR count). The van der Waals surface area contributed by atoms with Gasteiger partial charge in [-0.15, -0.1) is 0 Å². The number of carbonyl (C=O) groups is 1. The van der Waals surface area contributed by atoms with Crippen molar-refractivity contribution in [1.29, 1.82) is 0 Å². The van der Waals surface area contributed by atoms with E-state index in [9.17, 15) is 4.79 Å². The van der Waals surface area contributed by atoms with Gasteiger partial charge in [-0.2, -0.15) is 0 Å². The molecule has 0 aliphatic carbocycles. The van der Waals surface area contributed by atoms with Gasteiger partial charge in [0.05, 0.1) is 6.54 Å². The van der Waals surface area contributed by atoms with Crippen molar-refractivity contribution in [3.63, 3.8) is 0 Å². The average Bonchev–Trinajstić information content (AvgIpc) is 3.18. The lowest BCUT2D eigenvalue weighted by Crippen LogP contribution is -2.47. The minimum Gasteiger partial charge on any atom is -0.447 e. The molecule has 1 aromatic heterocycles. The van der Waals surface area contributed by atoms with E-state index in [0.29, 0.717) is 30.1 Å². The summed E-state index contributed by atoms with van der Waals surface area (Å²) in [6, 6.07) is 6.95. The first-order valence-corrected chi connectivity index (χ1v) is 11.0. The summed E-state index contributed by atoms with van der Waals surface area (Å²) in [5.74, 6) is 1.07. The third kappa shape index (κ3) is 5.49. The summed E-state index contributed by atoms with van der Waals surface area (Å²) in [5.41, 5.74) is 4.30. The number of carbonyl (C=O) groups excluding carboxylic acids is 1. The zero-order valence-corrected chi connectivity index (χ0v) is 19.3. The van der Waals surface area contributed by atoms with Crippen molar-refractivity contribution in [3.8, 4) is 0 Å². The summed E-state index contributed by atoms with van der Waals surface area (Å²) in [4.78, 5) is 23.8. The summed E-state index contributed by atoms with van der Waals surface area (Å²) in [6.45, 7) is 15.7. The molecule has 1 atom stereocenters. The van der Waals surface area contributed by atoms with Gasteiger partial charge < -0.3 is 14.2 Å². The van der Waals surface area contributed by atoms with Gasteiger partial charge in [-0.25, -0.2) is 4.98 Å². The Kier molecular flexibility index (Phi) is 7.32. The van der Waals surface area contributed by atoms with Crippen molar-refractivity contribution in [3.05, 3.63) is 52.7 Å². The van der Waals surface area contributed by atoms with Crippen LogP contribution in [0, 0.1) is 19.8 Å². The summed E-state index contributed by atoms with van der Waals surface area (Å²) >= 11 is 0. The Morgan fingerprint density at radius 1 is 1.13 bits per heavy atom. The number of amides is 1. The first-order chi connectivity index (χ1) is 14.2. The number of likely N-dealkylation sites (N-methyl/N-ethyl adjacent to an activating group) is 1. The Hall–Kier alpha value is -2.18. The maximum atomic E-state index is 12.8. The molecule has 2 aromatic rings. The fourth-order valence-electron chi connectivity index (χ4n) is 3.78. The number of hydrogen-bond donors (Lipinski definition) is 0. The molecular weight excluding hydrogens is 376 g/mol. The Balaban J connectivity index is 1.73. The third-order valence-corrected chi connectivity index (χ3v) is 6.32. The molecule has 0 radical (unpaired) electrons. The largest absolute Gasteiger partial charge is 0.447 e. The Bertz CT molecular complexity index is 853. The lowest BCUT2D eigenvalue weighted by molar-refractivity contribution is 0.0658. The Morgan fingerprint density at radius 3 is 2.50 bits per heavy atom. The lowest BCUT2D eigenvalue weighted by Gasteiger charge is -2.32. The molecule has 1 aromatic carbocycles. The zero-order chi connectivity index (χ0) is 21.8. The van der Waals surface area contributed by atoms with E-state index in [0.717, 1.165) is 32.7 Å². The second kappa shape index (κ2) is 9.75. The number of piperazine rings is 1. The maximum absolute atomic E-state index is 12.8. The van der Waals surface area contributed by atoms with Gasteiger partial charge >= 0.3 is 0 Å². The minimum atomic E-state index is -0.0314. The van der Waals surface area contributed by atoms with E-state index in [1.54, 1.807) is 0 Å². The number of nitrogens with zero attached hydrogens (tertiary/aromatic N) is 4. The molecule has 1 aliphatic heterocycles. The highest BCUT2D eigenvalue weighted by Crippen LogP contribution is 2.21. The molecular formula is C24H36N4O2. The minimum absolute atomic E-state index is 0.0314. The lowest BCUT2D eigenvalue weighted by atomic mass is 10.0. The fraction of sp³-hybridized carbons (Fsp3) is 0.583. The molecule has 1 saturated heterocycles. The molecule has 164 valence electrons. The predicted octanol–water partition coefficient (Wildman–Crippen LogP) is 3.73. The van der Waals surface area contributed by atoms with E-state index < -0.39 is 0 Å².